The van der Waals surface area contributed by atoms with Crippen LogP contribution < -0.4 is 5.32 Å². The third-order valence-corrected chi connectivity index (χ3v) is 5.72. The van der Waals surface area contributed by atoms with E-state index >= 15 is 0 Å². The molecule has 3 aromatic rings. The zero-order valence-electron chi connectivity index (χ0n) is 16.4. The molecule has 2 atom stereocenters. The van der Waals surface area contributed by atoms with E-state index in [2.05, 4.69) is 41.6 Å². The van der Waals surface area contributed by atoms with Crippen LogP contribution in [0.3, 0.4) is 0 Å². The van der Waals surface area contributed by atoms with Gasteiger partial charge in [-0.15, -0.1) is 0 Å². The zero-order valence-corrected chi connectivity index (χ0v) is 17.1. The van der Waals surface area contributed by atoms with Gasteiger partial charge < -0.3 is 5.32 Å². The lowest BCUT2D eigenvalue weighted by Gasteiger charge is -2.08. The number of hydrogen-bond donors (Lipinski definition) is 1. The van der Waals surface area contributed by atoms with Gasteiger partial charge in [-0.3, -0.25) is 9.48 Å². The summed E-state index contributed by atoms with van der Waals surface area (Å²) in [6.45, 7) is 6.73. The monoisotopic (exact) mass is 393 g/mol. The summed E-state index contributed by atoms with van der Waals surface area (Å²) in [5.41, 5.74) is 6.27. The SMILES string of the molecule is Cc1cccc(Cn2nc(C)c(NC(=O)C3CC3c3ccc(Cl)cc3)c2C)c1. The highest BCUT2D eigenvalue weighted by molar-refractivity contribution is 6.30. The van der Waals surface area contributed by atoms with Gasteiger partial charge in [0.15, 0.2) is 0 Å². The predicted molar refractivity (Wildman–Crippen MR) is 113 cm³/mol. The van der Waals surface area contributed by atoms with Gasteiger partial charge in [-0.05, 0) is 56.4 Å². The maximum absolute atomic E-state index is 12.8. The van der Waals surface area contributed by atoms with E-state index in [0.29, 0.717) is 6.54 Å². The highest BCUT2D eigenvalue weighted by Crippen LogP contribution is 2.48. The molecule has 1 fully saturated rings. The van der Waals surface area contributed by atoms with Crippen molar-refractivity contribution in [2.45, 2.75) is 39.7 Å². The molecule has 0 bridgehead atoms. The maximum Gasteiger partial charge on any atom is 0.228 e. The van der Waals surface area contributed by atoms with Crippen molar-refractivity contribution in [2.75, 3.05) is 5.32 Å². The topological polar surface area (TPSA) is 46.9 Å². The lowest BCUT2D eigenvalue weighted by atomic mass is 10.1. The first-order valence-corrected chi connectivity index (χ1v) is 9.96. The van der Waals surface area contributed by atoms with Gasteiger partial charge in [-0.25, -0.2) is 0 Å². The number of carbonyl (C=O) groups is 1. The second-order valence-electron chi connectivity index (χ2n) is 7.68. The molecule has 144 valence electrons. The largest absolute Gasteiger partial charge is 0.323 e. The van der Waals surface area contributed by atoms with Crippen molar-refractivity contribution in [3.8, 4) is 0 Å². The smallest absolute Gasteiger partial charge is 0.228 e. The summed E-state index contributed by atoms with van der Waals surface area (Å²) >= 11 is 5.96. The van der Waals surface area contributed by atoms with Gasteiger partial charge in [0, 0.05) is 10.9 Å². The fourth-order valence-corrected chi connectivity index (χ4v) is 3.92. The highest BCUT2D eigenvalue weighted by atomic mass is 35.5. The molecule has 5 heteroatoms. The number of amides is 1. The Morgan fingerprint density at radius 3 is 2.64 bits per heavy atom. The van der Waals surface area contributed by atoms with Crippen LogP contribution in [0, 0.1) is 26.7 Å². The number of hydrogen-bond acceptors (Lipinski definition) is 2. The molecule has 1 heterocycles. The highest BCUT2D eigenvalue weighted by Gasteiger charge is 2.44. The molecule has 0 radical (unpaired) electrons. The van der Waals surface area contributed by atoms with Crippen LogP contribution in [0.2, 0.25) is 5.02 Å². The Bertz CT molecular complexity index is 1020. The van der Waals surface area contributed by atoms with Crippen molar-refractivity contribution in [3.05, 3.63) is 81.6 Å². The van der Waals surface area contributed by atoms with E-state index in [4.69, 9.17) is 11.6 Å². The second-order valence-corrected chi connectivity index (χ2v) is 8.12. The molecule has 1 aliphatic rings. The number of nitrogens with zero attached hydrogens (tertiary/aromatic N) is 2. The van der Waals surface area contributed by atoms with E-state index in [-0.39, 0.29) is 17.7 Å². The molecule has 0 spiro atoms. The van der Waals surface area contributed by atoms with Crippen LogP contribution >= 0.6 is 11.6 Å². The van der Waals surface area contributed by atoms with Gasteiger partial charge in [0.2, 0.25) is 5.91 Å². The Morgan fingerprint density at radius 2 is 1.93 bits per heavy atom. The van der Waals surface area contributed by atoms with Gasteiger partial charge in [0.05, 0.1) is 23.6 Å². The summed E-state index contributed by atoms with van der Waals surface area (Å²) in [5.74, 6) is 0.363. The summed E-state index contributed by atoms with van der Waals surface area (Å²) in [4.78, 5) is 12.8. The number of aryl methyl sites for hydroxylation is 2. The van der Waals surface area contributed by atoms with Crippen molar-refractivity contribution in [1.82, 2.24) is 9.78 Å². The lowest BCUT2D eigenvalue weighted by molar-refractivity contribution is -0.117. The van der Waals surface area contributed by atoms with Crippen molar-refractivity contribution in [1.29, 1.82) is 0 Å². The predicted octanol–water partition coefficient (Wildman–Crippen LogP) is 5.25. The third-order valence-electron chi connectivity index (χ3n) is 5.47. The second kappa shape index (κ2) is 7.44. The average Bonchev–Trinajstić information content (AvgIpc) is 3.41. The van der Waals surface area contributed by atoms with Gasteiger partial charge >= 0.3 is 0 Å². The Morgan fingerprint density at radius 1 is 1.18 bits per heavy atom. The number of carbonyl (C=O) groups excluding carboxylic acids is 1. The lowest BCUT2D eigenvalue weighted by Crippen LogP contribution is -2.16. The minimum Gasteiger partial charge on any atom is -0.323 e. The number of benzene rings is 2. The molecule has 0 aliphatic heterocycles. The van der Waals surface area contributed by atoms with E-state index in [1.54, 1.807) is 0 Å². The molecule has 1 N–H and O–H groups in total. The quantitative estimate of drug-likeness (QED) is 0.643. The molecular weight excluding hydrogens is 370 g/mol. The number of rotatable bonds is 5. The van der Waals surface area contributed by atoms with Crippen molar-refractivity contribution in [2.24, 2.45) is 5.92 Å². The fourth-order valence-electron chi connectivity index (χ4n) is 3.79. The summed E-state index contributed by atoms with van der Waals surface area (Å²) in [6, 6.07) is 16.2. The maximum atomic E-state index is 12.8. The molecule has 1 amide bonds. The van der Waals surface area contributed by atoms with E-state index in [1.807, 2.05) is 42.8 Å². The standard InChI is InChI=1S/C23H24ClN3O/c1-14-5-4-6-17(11-14)13-27-16(3)22(15(2)26-27)25-23(28)21-12-20(21)18-7-9-19(24)10-8-18/h4-11,20-21H,12-13H2,1-3H3,(H,25,28). The van der Waals surface area contributed by atoms with Crippen LogP contribution in [-0.2, 0) is 11.3 Å². The number of nitrogens with one attached hydrogen (secondary N) is 1. The van der Waals surface area contributed by atoms with E-state index in [0.717, 1.165) is 28.5 Å². The molecule has 1 aromatic heterocycles. The molecule has 4 rings (SSSR count). The zero-order chi connectivity index (χ0) is 19.8. The van der Waals surface area contributed by atoms with Gasteiger partial charge in [0.25, 0.3) is 0 Å². The fraction of sp³-hybridized carbons (Fsp3) is 0.304. The molecule has 2 unspecified atom stereocenters. The molecular formula is C23H24ClN3O. The first kappa shape index (κ1) is 18.8. The normalized spacial score (nSPS) is 18.1. The van der Waals surface area contributed by atoms with Crippen molar-refractivity contribution < 1.29 is 4.79 Å². The van der Waals surface area contributed by atoms with Crippen LogP contribution in [0.5, 0.6) is 0 Å². The Balaban J connectivity index is 1.46. The Labute approximate surface area is 170 Å². The van der Waals surface area contributed by atoms with E-state index in [9.17, 15) is 4.79 Å². The van der Waals surface area contributed by atoms with Crippen LogP contribution in [0.1, 0.15) is 40.4 Å². The summed E-state index contributed by atoms with van der Waals surface area (Å²) in [6.07, 6.45) is 0.878. The number of anilines is 1. The minimum atomic E-state index is 0.0140. The summed E-state index contributed by atoms with van der Waals surface area (Å²) < 4.78 is 1.96. The molecule has 28 heavy (non-hydrogen) atoms. The molecule has 1 aliphatic carbocycles. The van der Waals surface area contributed by atoms with Crippen LogP contribution in [-0.4, -0.2) is 15.7 Å². The van der Waals surface area contributed by atoms with E-state index < -0.39 is 0 Å². The first-order chi connectivity index (χ1) is 13.4. The van der Waals surface area contributed by atoms with Crippen LogP contribution in [0.25, 0.3) is 0 Å². The average molecular weight is 394 g/mol. The minimum absolute atomic E-state index is 0.0140. The third kappa shape index (κ3) is 3.83. The Hall–Kier alpha value is -2.59. The van der Waals surface area contributed by atoms with Crippen molar-refractivity contribution >= 4 is 23.2 Å². The summed E-state index contributed by atoms with van der Waals surface area (Å²) in [5, 5.41) is 8.48. The molecule has 1 saturated carbocycles. The molecule has 4 nitrogen and oxygen atoms in total. The van der Waals surface area contributed by atoms with Gasteiger partial charge in [-0.1, -0.05) is 53.6 Å². The Kier molecular flexibility index (Phi) is 4.98. The number of aromatic nitrogens is 2. The van der Waals surface area contributed by atoms with Crippen LogP contribution in [0.15, 0.2) is 48.5 Å². The number of halogens is 1. The summed E-state index contributed by atoms with van der Waals surface area (Å²) in [7, 11) is 0. The first-order valence-electron chi connectivity index (χ1n) is 9.58. The van der Waals surface area contributed by atoms with Gasteiger partial charge in [0.1, 0.15) is 0 Å². The van der Waals surface area contributed by atoms with Crippen molar-refractivity contribution in [3.63, 3.8) is 0 Å². The van der Waals surface area contributed by atoms with E-state index in [1.165, 1.54) is 16.7 Å². The molecule has 0 saturated heterocycles. The van der Waals surface area contributed by atoms with Crippen LogP contribution in [0.4, 0.5) is 5.69 Å². The van der Waals surface area contributed by atoms with Gasteiger partial charge in [-0.2, -0.15) is 5.10 Å². The molecule has 2 aromatic carbocycles.